The fourth-order valence-corrected chi connectivity index (χ4v) is 2.98. The van der Waals surface area contributed by atoms with Crippen molar-refractivity contribution in [3.05, 3.63) is 78.2 Å². The van der Waals surface area contributed by atoms with Crippen LogP contribution >= 0.6 is 0 Å². The molecule has 0 aliphatic rings. The SMILES string of the molecule is COc1cccc(CC(=O)NCc2ccc(-c3ccnc4ncnn34)cc2)c1. The van der Waals surface area contributed by atoms with Gasteiger partial charge < -0.3 is 10.1 Å². The Balaban J connectivity index is 1.39. The molecule has 1 N–H and O–H groups in total. The van der Waals surface area contributed by atoms with Crippen molar-refractivity contribution in [3.63, 3.8) is 0 Å². The van der Waals surface area contributed by atoms with Gasteiger partial charge in [-0.1, -0.05) is 36.4 Å². The van der Waals surface area contributed by atoms with Crippen LogP contribution in [0.15, 0.2) is 67.1 Å². The smallest absolute Gasteiger partial charge is 0.252 e. The van der Waals surface area contributed by atoms with Gasteiger partial charge in [0.25, 0.3) is 5.78 Å². The molecule has 7 heteroatoms. The van der Waals surface area contributed by atoms with Gasteiger partial charge in [0.05, 0.1) is 19.2 Å². The Kier molecular flexibility index (Phi) is 4.97. The number of ether oxygens (including phenoxy) is 1. The first-order valence-electron chi connectivity index (χ1n) is 8.86. The number of hydrogen-bond acceptors (Lipinski definition) is 5. The summed E-state index contributed by atoms with van der Waals surface area (Å²) in [6, 6.07) is 17.4. The fraction of sp³-hybridized carbons (Fsp3) is 0.143. The minimum atomic E-state index is -0.0317. The van der Waals surface area contributed by atoms with Gasteiger partial charge in [-0.05, 0) is 29.3 Å². The lowest BCUT2D eigenvalue weighted by Crippen LogP contribution is -2.24. The number of carbonyl (C=O) groups is 1. The van der Waals surface area contributed by atoms with Crippen molar-refractivity contribution in [3.8, 4) is 17.0 Å². The van der Waals surface area contributed by atoms with Gasteiger partial charge in [0.2, 0.25) is 5.91 Å². The van der Waals surface area contributed by atoms with Crippen molar-refractivity contribution in [1.82, 2.24) is 24.9 Å². The first-order chi connectivity index (χ1) is 13.7. The van der Waals surface area contributed by atoms with Crippen LogP contribution < -0.4 is 10.1 Å². The van der Waals surface area contributed by atoms with Crippen LogP contribution in [0.4, 0.5) is 0 Å². The zero-order chi connectivity index (χ0) is 19.3. The Morgan fingerprint density at radius 2 is 1.93 bits per heavy atom. The third-order valence-corrected chi connectivity index (χ3v) is 4.42. The highest BCUT2D eigenvalue weighted by atomic mass is 16.5. The normalized spacial score (nSPS) is 10.8. The second kappa shape index (κ2) is 7.87. The number of benzene rings is 2. The molecular weight excluding hydrogens is 354 g/mol. The van der Waals surface area contributed by atoms with E-state index in [2.05, 4.69) is 20.4 Å². The van der Waals surface area contributed by atoms with Gasteiger partial charge in [-0.2, -0.15) is 14.6 Å². The van der Waals surface area contributed by atoms with Gasteiger partial charge in [0.15, 0.2) is 0 Å². The molecule has 0 saturated heterocycles. The zero-order valence-electron chi connectivity index (χ0n) is 15.4. The van der Waals surface area contributed by atoms with E-state index in [1.807, 2.05) is 54.6 Å². The number of rotatable bonds is 6. The first kappa shape index (κ1) is 17.7. The molecule has 28 heavy (non-hydrogen) atoms. The highest BCUT2D eigenvalue weighted by Crippen LogP contribution is 2.19. The highest BCUT2D eigenvalue weighted by Gasteiger charge is 2.07. The second-order valence-electron chi connectivity index (χ2n) is 6.30. The van der Waals surface area contributed by atoms with E-state index in [0.29, 0.717) is 18.7 Å². The number of fused-ring (bicyclic) bond motifs is 1. The maximum Gasteiger partial charge on any atom is 0.252 e. The lowest BCUT2D eigenvalue weighted by molar-refractivity contribution is -0.120. The quantitative estimate of drug-likeness (QED) is 0.562. The predicted molar refractivity (Wildman–Crippen MR) is 105 cm³/mol. The highest BCUT2D eigenvalue weighted by molar-refractivity contribution is 5.78. The molecule has 1 amide bonds. The minimum absolute atomic E-state index is 0.0317. The number of methoxy groups -OCH3 is 1. The van der Waals surface area contributed by atoms with E-state index in [9.17, 15) is 4.79 Å². The number of amides is 1. The van der Waals surface area contributed by atoms with Crippen LogP contribution in [0.5, 0.6) is 5.75 Å². The number of carbonyl (C=O) groups excluding carboxylic acids is 1. The van der Waals surface area contributed by atoms with E-state index < -0.39 is 0 Å². The predicted octanol–water partition coefficient (Wildman–Crippen LogP) is 2.66. The molecule has 0 atom stereocenters. The first-order valence-corrected chi connectivity index (χ1v) is 8.86. The molecule has 7 nitrogen and oxygen atoms in total. The van der Waals surface area contributed by atoms with E-state index in [1.165, 1.54) is 6.33 Å². The molecule has 0 saturated carbocycles. The van der Waals surface area contributed by atoms with E-state index in [-0.39, 0.29) is 5.91 Å². The van der Waals surface area contributed by atoms with E-state index in [4.69, 9.17) is 4.74 Å². The Hall–Kier alpha value is -3.74. The van der Waals surface area contributed by atoms with Gasteiger partial charge in [0.1, 0.15) is 12.1 Å². The lowest BCUT2D eigenvalue weighted by atomic mass is 10.1. The van der Waals surface area contributed by atoms with Crippen molar-refractivity contribution in [2.24, 2.45) is 0 Å². The summed E-state index contributed by atoms with van der Waals surface area (Å²) in [5.74, 6) is 1.28. The lowest BCUT2D eigenvalue weighted by Gasteiger charge is -2.08. The Morgan fingerprint density at radius 3 is 2.75 bits per heavy atom. The molecule has 0 aliphatic heterocycles. The summed E-state index contributed by atoms with van der Waals surface area (Å²) in [5, 5.41) is 7.16. The summed E-state index contributed by atoms with van der Waals surface area (Å²) in [6.45, 7) is 0.470. The summed E-state index contributed by atoms with van der Waals surface area (Å²) >= 11 is 0. The molecule has 2 heterocycles. The molecule has 0 radical (unpaired) electrons. The van der Waals surface area contributed by atoms with Gasteiger partial charge in [-0.25, -0.2) is 4.98 Å². The number of aromatic nitrogens is 4. The molecule has 0 bridgehead atoms. The van der Waals surface area contributed by atoms with Gasteiger partial charge in [-0.15, -0.1) is 0 Å². The standard InChI is InChI=1S/C21H19N5O2/c1-28-18-4-2-3-16(11-18)12-20(27)23-13-15-5-7-17(8-6-15)19-9-10-22-21-24-14-25-26(19)21/h2-11,14H,12-13H2,1H3,(H,23,27). The van der Waals surface area contributed by atoms with Crippen LogP contribution in [-0.4, -0.2) is 32.6 Å². The summed E-state index contributed by atoms with van der Waals surface area (Å²) in [7, 11) is 1.61. The van der Waals surface area contributed by atoms with Crippen LogP contribution in [-0.2, 0) is 17.8 Å². The molecule has 0 fully saturated rings. The van der Waals surface area contributed by atoms with Gasteiger partial charge >= 0.3 is 0 Å². The number of nitrogens with one attached hydrogen (secondary N) is 1. The molecule has 140 valence electrons. The van der Waals surface area contributed by atoms with Crippen LogP contribution in [0, 0.1) is 0 Å². The van der Waals surface area contributed by atoms with Crippen LogP contribution in [0.25, 0.3) is 17.0 Å². The largest absolute Gasteiger partial charge is 0.497 e. The Bertz CT molecular complexity index is 1110. The number of hydrogen-bond donors (Lipinski definition) is 1. The molecule has 0 spiro atoms. The average Bonchev–Trinajstić information content (AvgIpc) is 3.22. The molecular formula is C21H19N5O2. The molecule has 2 aromatic heterocycles. The van der Waals surface area contributed by atoms with E-state index >= 15 is 0 Å². The van der Waals surface area contributed by atoms with Crippen molar-refractivity contribution < 1.29 is 9.53 Å². The molecule has 2 aromatic carbocycles. The molecule has 4 aromatic rings. The molecule has 0 unspecified atom stereocenters. The Morgan fingerprint density at radius 1 is 1.07 bits per heavy atom. The second-order valence-corrected chi connectivity index (χ2v) is 6.30. The number of nitrogens with zero attached hydrogens (tertiary/aromatic N) is 4. The van der Waals surface area contributed by atoms with Crippen molar-refractivity contribution in [2.75, 3.05) is 7.11 Å². The summed E-state index contributed by atoms with van der Waals surface area (Å²) in [6.07, 6.45) is 3.51. The summed E-state index contributed by atoms with van der Waals surface area (Å²) < 4.78 is 6.89. The zero-order valence-corrected chi connectivity index (χ0v) is 15.4. The van der Waals surface area contributed by atoms with E-state index in [0.717, 1.165) is 28.1 Å². The van der Waals surface area contributed by atoms with Crippen molar-refractivity contribution in [2.45, 2.75) is 13.0 Å². The van der Waals surface area contributed by atoms with Crippen LogP contribution in [0.3, 0.4) is 0 Å². The molecule has 0 aliphatic carbocycles. The van der Waals surface area contributed by atoms with Crippen molar-refractivity contribution >= 4 is 11.7 Å². The maximum absolute atomic E-state index is 12.2. The summed E-state index contributed by atoms with van der Waals surface area (Å²) in [4.78, 5) is 20.5. The Labute approximate surface area is 162 Å². The maximum atomic E-state index is 12.2. The monoisotopic (exact) mass is 373 g/mol. The topological polar surface area (TPSA) is 81.4 Å². The summed E-state index contributed by atoms with van der Waals surface area (Å²) in [5.41, 5.74) is 3.86. The third-order valence-electron chi connectivity index (χ3n) is 4.42. The fourth-order valence-electron chi connectivity index (χ4n) is 2.98. The minimum Gasteiger partial charge on any atom is -0.497 e. The van der Waals surface area contributed by atoms with Crippen LogP contribution in [0.1, 0.15) is 11.1 Å². The molecule has 4 rings (SSSR count). The van der Waals surface area contributed by atoms with Crippen molar-refractivity contribution in [1.29, 1.82) is 0 Å². The third kappa shape index (κ3) is 3.83. The van der Waals surface area contributed by atoms with Crippen LogP contribution in [0.2, 0.25) is 0 Å². The van der Waals surface area contributed by atoms with Gasteiger partial charge in [-0.3, -0.25) is 4.79 Å². The van der Waals surface area contributed by atoms with Gasteiger partial charge in [0, 0.05) is 18.3 Å². The van der Waals surface area contributed by atoms with E-state index in [1.54, 1.807) is 17.8 Å². The average molecular weight is 373 g/mol.